The molecule has 1 amide bonds. The Hall–Kier alpha value is -1.03. The van der Waals surface area contributed by atoms with E-state index in [1.54, 1.807) is 30.3 Å². The van der Waals surface area contributed by atoms with E-state index < -0.39 is 0 Å². The third-order valence-corrected chi connectivity index (χ3v) is 4.09. The lowest BCUT2D eigenvalue weighted by Crippen LogP contribution is -2.13. The van der Waals surface area contributed by atoms with Crippen molar-refractivity contribution >= 4 is 50.7 Å². The average molecular weight is 359 g/mol. The lowest BCUT2D eigenvalue weighted by atomic mass is 10.1. The van der Waals surface area contributed by atoms with Crippen molar-refractivity contribution in [3.63, 3.8) is 0 Å². The predicted molar refractivity (Wildman–Crippen MR) is 83.3 cm³/mol. The summed E-state index contributed by atoms with van der Waals surface area (Å²) in [5.74, 6) is -0.210. The van der Waals surface area contributed by atoms with Gasteiger partial charge in [-0.25, -0.2) is 0 Å². The summed E-state index contributed by atoms with van der Waals surface area (Å²) in [6, 6.07) is 10.4. The van der Waals surface area contributed by atoms with Crippen molar-refractivity contribution in [3.8, 4) is 0 Å². The highest BCUT2D eigenvalue weighted by atomic mass is 79.9. The van der Waals surface area contributed by atoms with Crippen molar-refractivity contribution in [1.82, 2.24) is 0 Å². The van der Waals surface area contributed by atoms with E-state index in [0.717, 1.165) is 10.0 Å². The Morgan fingerprint density at radius 1 is 1.16 bits per heavy atom. The summed E-state index contributed by atoms with van der Waals surface area (Å²) in [6.45, 7) is 1.86. The first-order chi connectivity index (χ1) is 8.97. The zero-order valence-corrected chi connectivity index (χ0v) is 13.1. The van der Waals surface area contributed by atoms with Crippen molar-refractivity contribution in [2.45, 2.75) is 6.92 Å². The highest BCUT2D eigenvalue weighted by Gasteiger charge is 2.10. The van der Waals surface area contributed by atoms with Gasteiger partial charge in [0.05, 0.1) is 5.02 Å². The minimum absolute atomic E-state index is 0.210. The van der Waals surface area contributed by atoms with Gasteiger partial charge in [-0.3, -0.25) is 4.79 Å². The van der Waals surface area contributed by atoms with Crippen molar-refractivity contribution in [1.29, 1.82) is 0 Å². The third kappa shape index (κ3) is 3.50. The van der Waals surface area contributed by atoms with Gasteiger partial charge in [-0.2, -0.15) is 0 Å². The normalized spacial score (nSPS) is 10.3. The molecule has 2 nitrogen and oxygen atoms in total. The van der Waals surface area contributed by atoms with E-state index in [2.05, 4.69) is 21.2 Å². The van der Waals surface area contributed by atoms with E-state index in [4.69, 9.17) is 23.2 Å². The maximum Gasteiger partial charge on any atom is 0.255 e. The summed E-state index contributed by atoms with van der Waals surface area (Å²) in [4.78, 5) is 12.2. The highest BCUT2D eigenvalue weighted by Crippen LogP contribution is 2.26. The average Bonchev–Trinajstić information content (AvgIpc) is 2.36. The molecule has 0 saturated carbocycles. The van der Waals surface area contributed by atoms with Crippen LogP contribution in [0.4, 0.5) is 5.69 Å². The summed E-state index contributed by atoms with van der Waals surface area (Å²) in [5.41, 5.74) is 2.05. The molecule has 0 spiro atoms. The van der Waals surface area contributed by atoms with E-state index in [0.29, 0.717) is 21.3 Å². The van der Waals surface area contributed by atoms with Gasteiger partial charge < -0.3 is 5.32 Å². The topological polar surface area (TPSA) is 29.1 Å². The number of rotatable bonds is 2. The number of carbonyl (C=O) groups is 1. The molecule has 98 valence electrons. The Balaban J connectivity index is 2.25. The molecule has 0 aliphatic heterocycles. The summed E-state index contributed by atoms with van der Waals surface area (Å²) in [7, 11) is 0. The summed E-state index contributed by atoms with van der Waals surface area (Å²) in [5, 5.41) is 3.87. The van der Waals surface area contributed by atoms with Crippen molar-refractivity contribution < 1.29 is 4.79 Å². The molecular formula is C14H10BrCl2NO. The largest absolute Gasteiger partial charge is 0.322 e. The van der Waals surface area contributed by atoms with Crippen LogP contribution in [-0.4, -0.2) is 5.91 Å². The molecule has 2 aromatic carbocycles. The van der Waals surface area contributed by atoms with Gasteiger partial charge in [-0.1, -0.05) is 29.3 Å². The molecule has 0 aromatic heterocycles. The van der Waals surface area contributed by atoms with Crippen LogP contribution in [0, 0.1) is 6.92 Å². The number of nitrogens with one attached hydrogen (secondary N) is 1. The number of carbonyl (C=O) groups excluding carboxylic acids is 1. The fraction of sp³-hybridized carbons (Fsp3) is 0.0714. The Morgan fingerprint density at radius 2 is 1.89 bits per heavy atom. The van der Waals surface area contributed by atoms with Gasteiger partial charge in [0.1, 0.15) is 0 Å². The van der Waals surface area contributed by atoms with Gasteiger partial charge >= 0.3 is 0 Å². The van der Waals surface area contributed by atoms with Gasteiger partial charge in [-0.15, -0.1) is 0 Å². The quantitative estimate of drug-likeness (QED) is 0.773. The molecule has 0 aliphatic rings. The highest BCUT2D eigenvalue weighted by molar-refractivity contribution is 9.10. The Bertz CT molecular complexity index is 643. The second-order valence-corrected chi connectivity index (χ2v) is 5.74. The van der Waals surface area contributed by atoms with Crippen LogP contribution in [0.5, 0.6) is 0 Å². The number of amides is 1. The molecule has 0 bridgehead atoms. The van der Waals surface area contributed by atoms with Gasteiger partial charge in [-0.05, 0) is 58.7 Å². The van der Waals surface area contributed by atoms with Crippen LogP contribution in [0.25, 0.3) is 0 Å². The SMILES string of the molecule is Cc1ccc(Cl)cc1C(=O)Nc1ccc(Br)c(Cl)c1. The summed E-state index contributed by atoms with van der Waals surface area (Å²) in [6.07, 6.45) is 0. The Kier molecular flexibility index (Phi) is 4.50. The molecular weight excluding hydrogens is 349 g/mol. The van der Waals surface area contributed by atoms with Gasteiger partial charge in [0, 0.05) is 20.7 Å². The minimum atomic E-state index is -0.210. The molecule has 0 aliphatic carbocycles. The van der Waals surface area contributed by atoms with Gasteiger partial charge in [0.25, 0.3) is 5.91 Å². The molecule has 19 heavy (non-hydrogen) atoms. The summed E-state index contributed by atoms with van der Waals surface area (Å²) >= 11 is 15.2. The fourth-order valence-corrected chi connectivity index (χ4v) is 2.21. The molecule has 1 N–H and O–H groups in total. The van der Waals surface area contributed by atoms with Crippen molar-refractivity contribution in [3.05, 3.63) is 62.0 Å². The molecule has 0 fully saturated rings. The maximum absolute atomic E-state index is 12.2. The second kappa shape index (κ2) is 5.95. The van der Waals surface area contributed by atoms with E-state index in [-0.39, 0.29) is 5.91 Å². The van der Waals surface area contributed by atoms with Crippen LogP contribution in [0.2, 0.25) is 10.0 Å². The molecule has 2 rings (SSSR count). The van der Waals surface area contributed by atoms with Crippen LogP contribution in [0.3, 0.4) is 0 Å². The fourth-order valence-electron chi connectivity index (χ4n) is 1.61. The molecule has 0 atom stereocenters. The van der Waals surface area contributed by atoms with E-state index in [1.807, 2.05) is 13.0 Å². The number of halogens is 3. The van der Waals surface area contributed by atoms with Crippen LogP contribution >= 0.6 is 39.1 Å². The second-order valence-electron chi connectivity index (χ2n) is 4.04. The summed E-state index contributed by atoms with van der Waals surface area (Å²) < 4.78 is 0.783. The van der Waals surface area contributed by atoms with E-state index in [9.17, 15) is 4.79 Å². The number of benzene rings is 2. The molecule has 0 saturated heterocycles. The van der Waals surface area contributed by atoms with E-state index >= 15 is 0 Å². The first kappa shape index (κ1) is 14.4. The smallest absolute Gasteiger partial charge is 0.255 e. The first-order valence-corrected chi connectivity index (χ1v) is 7.05. The van der Waals surface area contributed by atoms with Crippen molar-refractivity contribution in [2.24, 2.45) is 0 Å². The standard InChI is InChI=1S/C14H10BrCl2NO/c1-8-2-3-9(16)6-11(8)14(19)18-10-4-5-12(15)13(17)7-10/h2-7H,1H3,(H,18,19). The van der Waals surface area contributed by atoms with E-state index in [1.165, 1.54) is 0 Å². The molecule has 0 radical (unpaired) electrons. The molecule has 5 heteroatoms. The molecule has 2 aromatic rings. The van der Waals surface area contributed by atoms with Crippen LogP contribution < -0.4 is 5.32 Å². The minimum Gasteiger partial charge on any atom is -0.322 e. The zero-order valence-electron chi connectivity index (χ0n) is 10.0. The number of hydrogen-bond acceptors (Lipinski definition) is 1. The maximum atomic E-state index is 12.2. The lowest BCUT2D eigenvalue weighted by molar-refractivity contribution is 0.102. The Morgan fingerprint density at radius 3 is 2.58 bits per heavy atom. The first-order valence-electron chi connectivity index (χ1n) is 5.50. The number of anilines is 1. The molecule has 0 unspecified atom stereocenters. The predicted octanol–water partition coefficient (Wildman–Crippen LogP) is 5.32. The van der Waals surface area contributed by atoms with Crippen LogP contribution in [0.1, 0.15) is 15.9 Å². The third-order valence-electron chi connectivity index (χ3n) is 2.62. The monoisotopic (exact) mass is 357 g/mol. The van der Waals surface area contributed by atoms with Gasteiger partial charge in [0.2, 0.25) is 0 Å². The zero-order chi connectivity index (χ0) is 14.0. The number of aryl methyl sites for hydroxylation is 1. The van der Waals surface area contributed by atoms with Crippen LogP contribution in [0.15, 0.2) is 40.9 Å². The van der Waals surface area contributed by atoms with Crippen molar-refractivity contribution in [2.75, 3.05) is 5.32 Å². The lowest BCUT2D eigenvalue weighted by Gasteiger charge is -2.09. The number of hydrogen-bond donors (Lipinski definition) is 1. The van der Waals surface area contributed by atoms with Crippen LogP contribution in [-0.2, 0) is 0 Å². The Labute approximate surface area is 129 Å². The molecule has 0 heterocycles. The van der Waals surface area contributed by atoms with Gasteiger partial charge in [0.15, 0.2) is 0 Å².